The summed E-state index contributed by atoms with van der Waals surface area (Å²) in [7, 11) is 0. The van der Waals surface area contributed by atoms with Crippen LogP contribution in [0, 0.1) is 24.7 Å². The van der Waals surface area contributed by atoms with Crippen LogP contribution >= 0.6 is 12.4 Å². The van der Waals surface area contributed by atoms with Gasteiger partial charge in [0.25, 0.3) is 0 Å². The first-order valence-electron chi connectivity index (χ1n) is 7.79. The third-order valence-electron chi connectivity index (χ3n) is 5.40. The van der Waals surface area contributed by atoms with Crippen LogP contribution in [0.4, 0.5) is 0 Å². The average Bonchev–Trinajstić information content (AvgIpc) is 2.93. The van der Waals surface area contributed by atoms with Crippen molar-refractivity contribution in [2.24, 2.45) is 17.8 Å². The van der Waals surface area contributed by atoms with Gasteiger partial charge in [-0.15, -0.1) is 12.4 Å². The maximum absolute atomic E-state index is 12.6. The Morgan fingerprint density at radius 2 is 1.86 bits per heavy atom. The highest BCUT2D eigenvalue weighted by molar-refractivity contribution is 5.85. The van der Waals surface area contributed by atoms with E-state index in [2.05, 4.69) is 41.4 Å². The highest BCUT2D eigenvalue weighted by atomic mass is 35.5. The predicted octanol–water partition coefficient (Wildman–Crippen LogP) is 2.20. The fourth-order valence-corrected chi connectivity index (χ4v) is 4.08. The van der Waals surface area contributed by atoms with Crippen LogP contribution in [0.25, 0.3) is 0 Å². The summed E-state index contributed by atoms with van der Waals surface area (Å²) < 4.78 is 0. The molecule has 4 heteroatoms. The molecule has 114 valence electrons. The minimum Gasteiger partial charge on any atom is -0.342 e. The van der Waals surface area contributed by atoms with Crippen LogP contribution in [0.3, 0.4) is 0 Å². The molecule has 1 aromatic carbocycles. The van der Waals surface area contributed by atoms with Crippen molar-refractivity contribution in [2.45, 2.75) is 19.3 Å². The Morgan fingerprint density at radius 3 is 2.52 bits per heavy atom. The zero-order valence-corrected chi connectivity index (χ0v) is 13.2. The Hall–Kier alpha value is -1.06. The molecule has 3 nitrogen and oxygen atoms in total. The van der Waals surface area contributed by atoms with E-state index in [9.17, 15) is 4.79 Å². The summed E-state index contributed by atoms with van der Waals surface area (Å²) in [5.41, 5.74) is 2.71. The number of hydrogen-bond donors (Lipinski definition) is 1. The van der Waals surface area contributed by atoms with E-state index in [1.54, 1.807) is 0 Å². The summed E-state index contributed by atoms with van der Waals surface area (Å²) in [6.45, 7) is 6.31. The third-order valence-corrected chi connectivity index (χ3v) is 5.40. The second-order valence-electron chi connectivity index (χ2n) is 6.73. The van der Waals surface area contributed by atoms with Crippen molar-refractivity contribution in [1.29, 1.82) is 0 Å². The van der Waals surface area contributed by atoms with Gasteiger partial charge in [0.15, 0.2) is 0 Å². The summed E-state index contributed by atoms with van der Waals surface area (Å²) in [6, 6.07) is 8.51. The van der Waals surface area contributed by atoms with Gasteiger partial charge in [0, 0.05) is 32.1 Å². The summed E-state index contributed by atoms with van der Waals surface area (Å²) in [4.78, 5) is 14.8. The predicted molar refractivity (Wildman–Crippen MR) is 85.7 cm³/mol. The molecule has 0 aromatic heterocycles. The molecule has 4 atom stereocenters. The molecular formula is C17H23ClN2O. The van der Waals surface area contributed by atoms with E-state index in [-0.39, 0.29) is 18.3 Å². The molecule has 0 bridgehead atoms. The van der Waals surface area contributed by atoms with Gasteiger partial charge in [-0.3, -0.25) is 4.79 Å². The first-order valence-corrected chi connectivity index (χ1v) is 7.79. The van der Waals surface area contributed by atoms with Crippen molar-refractivity contribution >= 4 is 18.3 Å². The van der Waals surface area contributed by atoms with Gasteiger partial charge in [-0.1, -0.05) is 24.3 Å². The summed E-state index contributed by atoms with van der Waals surface area (Å²) >= 11 is 0. The molecule has 2 unspecified atom stereocenters. The lowest BCUT2D eigenvalue weighted by molar-refractivity contribution is -0.131. The molecule has 1 saturated carbocycles. The van der Waals surface area contributed by atoms with E-state index in [0.29, 0.717) is 23.7 Å². The van der Waals surface area contributed by atoms with Crippen LogP contribution in [0.5, 0.6) is 0 Å². The number of halogens is 1. The number of nitrogens with one attached hydrogen (secondary N) is 1. The van der Waals surface area contributed by atoms with E-state index >= 15 is 0 Å². The number of hydrogen-bond acceptors (Lipinski definition) is 2. The normalized spacial score (nSPS) is 33.5. The maximum Gasteiger partial charge on any atom is 0.226 e. The third kappa shape index (κ3) is 2.58. The quantitative estimate of drug-likeness (QED) is 0.908. The van der Waals surface area contributed by atoms with Crippen molar-refractivity contribution in [2.75, 3.05) is 26.2 Å². The van der Waals surface area contributed by atoms with Gasteiger partial charge in [-0.2, -0.15) is 0 Å². The second kappa shape index (κ2) is 5.62. The molecule has 4 rings (SSSR count). The van der Waals surface area contributed by atoms with Crippen LogP contribution in [-0.4, -0.2) is 37.0 Å². The second-order valence-corrected chi connectivity index (χ2v) is 6.73. The molecule has 21 heavy (non-hydrogen) atoms. The van der Waals surface area contributed by atoms with E-state index < -0.39 is 0 Å². The number of carbonyl (C=O) groups is 1. The van der Waals surface area contributed by atoms with Crippen molar-refractivity contribution < 1.29 is 4.79 Å². The van der Waals surface area contributed by atoms with Crippen molar-refractivity contribution in [3.63, 3.8) is 0 Å². The van der Waals surface area contributed by atoms with Gasteiger partial charge in [-0.25, -0.2) is 0 Å². The first-order chi connectivity index (χ1) is 9.74. The number of likely N-dealkylation sites (tertiary alicyclic amines) is 1. The molecule has 2 heterocycles. The molecule has 2 aliphatic heterocycles. The van der Waals surface area contributed by atoms with Crippen LogP contribution < -0.4 is 5.32 Å². The first kappa shape index (κ1) is 14.9. The van der Waals surface area contributed by atoms with Gasteiger partial charge in [0.2, 0.25) is 5.91 Å². The van der Waals surface area contributed by atoms with E-state index in [1.165, 1.54) is 11.1 Å². The van der Waals surface area contributed by atoms with Crippen molar-refractivity contribution in [1.82, 2.24) is 10.2 Å². The SMILES string of the molecule is Cc1ccccc1C1CC1C(=O)N1C[C@H]2CNC[C@H]2C1.Cl. The van der Waals surface area contributed by atoms with Gasteiger partial charge < -0.3 is 10.2 Å². The molecule has 1 N–H and O–H groups in total. The lowest BCUT2D eigenvalue weighted by Crippen LogP contribution is -2.33. The van der Waals surface area contributed by atoms with E-state index in [0.717, 1.165) is 32.6 Å². The average molecular weight is 307 g/mol. The summed E-state index contributed by atoms with van der Waals surface area (Å²) in [5.74, 6) is 2.54. The van der Waals surface area contributed by atoms with Gasteiger partial charge in [0.1, 0.15) is 0 Å². The molecule has 3 aliphatic rings. The topological polar surface area (TPSA) is 32.3 Å². The van der Waals surface area contributed by atoms with Crippen LogP contribution in [0.1, 0.15) is 23.5 Å². The van der Waals surface area contributed by atoms with Crippen LogP contribution in [0.2, 0.25) is 0 Å². The largest absolute Gasteiger partial charge is 0.342 e. The number of fused-ring (bicyclic) bond motifs is 1. The zero-order chi connectivity index (χ0) is 13.7. The standard InChI is InChI=1S/C17H22N2O.ClH/c1-11-4-2-3-5-14(11)15-6-16(15)17(20)19-9-12-7-18-8-13(12)10-19;/h2-5,12-13,15-16,18H,6-10H2,1H3;1H/t12-,13+,15?,16?;. The Morgan fingerprint density at radius 1 is 1.19 bits per heavy atom. The van der Waals surface area contributed by atoms with Gasteiger partial charge >= 0.3 is 0 Å². The number of benzene rings is 1. The monoisotopic (exact) mass is 306 g/mol. The Balaban J connectivity index is 0.00000132. The lowest BCUT2D eigenvalue weighted by atomic mass is 10.0. The minimum atomic E-state index is 0. The van der Waals surface area contributed by atoms with E-state index in [4.69, 9.17) is 0 Å². The molecule has 2 saturated heterocycles. The molecule has 1 aliphatic carbocycles. The fourth-order valence-electron chi connectivity index (χ4n) is 4.08. The molecule has 1 amide bonds. The van der Waals surface area contributed by atoms with E-state index in [1.807, 2.05) is 0 Å². The number of nitrogens with zero attached hydrogens (tertiary/aromatic N) is 1. The van der Waals surface area contributed by atoms with Gasteiger partial charge in [-0.05, 0) is 42.2 Å². The number of rotatable bonds is 2. The zero-order valence-electron chi connectivity index (χ0n) is 12.4. The number of amides is 1. The Bertz CT molecular complexity index is 535. The Kier molecular flexibility index (Phi) is 3.98. The maximum atomic E-state index is 12.6. The van der Waals surface area contributed by atoms with Crippen LogP contribution in [0.15, 0.2) is 24.3 Å². The van der Waals surface area contributed by atoms with Crippen LogP contribution in [-0.2, 0) is 4.79 Å². The van der Waals surface area contributed by atoms with Gasteiger partial charge in [0.05, 0.1) is 0 Å². The molecule has 0 spiro atoms. The lowest BCUT2D eigenvalue weighted by Gasteiger charge is -2.17. The minimum absolute atomic E-state index is 0. The summed E-state index contributed by atoms with van der Waals surface area (Å²) in [5, 5.41) is 3.43. The molecule has 3 fully saturated rings. The molecular weight excluding hydrogens is 284 g/mol. The van der Waals surface area contributed by atoms with Crippen molar-refractivity contribution in [3.8, 4) is 0 Å². The smallest absolute Gasteiger partial charge is 0.226 e. The molecule has 1 aromatic rings. The highest BCUT2D eigenvalue weighted by Crippen LogP contribution is 2.50. The molecule has 0 radical (unpaired) electrons. The number of aryl methyl sites for hydroxylation is 1. The highest BCUT2D eigenvalue weighted by Gasteiger charge is 2.48. The van der Waals surface area contributed by atoms with Crippen molar-refractivity contribution in [3.05, 3.63) is 35.4 Å². The summed E-state index contributed by atoms with van der Waals surface area (Å²) in [6.07, 6.45) is 1.05. The Labute approximate surface area is 132 Å². The number of carbonyl (C=O) groups excluding carboxylic acids is 1. The fraction of sp³-hybridized carbons (Fsp3) is 0.588.